The molecule has 0 spiro atoms. The molecule has 0 saturated heterocycles. The highest BCUT2D eigenvalue weighted by Crippen LogP contribution is 2.13. The number of nitrogens with one attached hydrogen (secondary N) is 2. The van der Waals surface area contributed by atoms with Crippen LogP contribution >= 0.6 is 0 Å². The average Bonchev–Trinajstić information content (AvgIpc) is 2.57. The summed E-state index contributed by atoms with van der Waals surface area (Å²) in [7, 11) is 1.78. The molecule has 0 amide bonds. The molecule has 0 aliphatic rings. The molecule has 0 fully saturated rings. The summed E-state index contributed by atoms with van der Waals surface area (Å²) in [6.45, 7) is 6.24. The molecule has 4 nitrogen and oxygen atoms in total. The third-order valence-corrected chi connectivity index (χ3v) is 3.60. The van der Waals surface area contributed by atoms with E-state index in [1.165, 1.54) is 11.1 Å². The zero-order valence-electron chi connectivity index (χ0n) is 14.1. The van der Waals surface area contributed by atoms with Crippen molar-refractivity contribution >= 4 is 5.96 Å². The van der Waals surface area contributed by atoms with Crippen LogP contribution in [0.25, 0.3) is 0 Å². The molecule has 0 aliphatic carbocycles. The molecule has 2 N–H and O–H groups in total. The number of nitrogens with zero attached hydrogens (tertiary/aromatic N) is 1. The second kappa shape index (κ2) is 8.83. The van der Waals surface area contributed by atoms with Gasteiger partial charge in [-0.25, -0.2) is 0 Å². The van der Waals surface area contributed by atoms with Crippen molar-refractivity contribution in [1.29, 1.82) is 0 Å². The van der Waals surface area contributed by atoms with Gasteiger partial charge in [0.15, 0.2) is 5.96 Å². The van der Waals surface area contributed by atoms with Crippen molar-refractivity contribution in [3.05, 3.63) is 65.2 Å². The first-order chi connectivity index (χ1) is 11.2. The Morgan fingerprint density at radius 2 is 1.83 bits per heavy atom. The summed E-state index contributed by atoms with van der Waals surface area (Å²) < 4.78 is 5.52. The van der Waals surface area contributed by atoms with Gasteiger partial charge in [-0.2, -0.15) is 0 Å². The van der Waals surface area contributed by atoms with E-state index in [1.54, 1.807) is 7.05 Å². The third-order valence-electron chi connectivity index (χ3n) is 3.60. The third kappa shape index (κ3) is 5.33. The predicted molar refractivity (Wildman–Crippen MR) is 95.8 cm³/mol. The molecule has 0 aliphatic heterocycles. The van der Waals surface area contributed by atoms with Gasteiger partial charge in [0, 0.05) is 20.1 Å². The zero-order valence-corrected chi connectivity index (χ0v) is 14.1. The van der Waals surface area contributed by atoms with Crippen LogP contribution in [0.4, 0.5) is 0 Å². The zero-order chi connectivity index (χ0) is 16.5. The minimum atomic E-state index is 0.677. The van der Waals surface area contributed by atoms with Gasteiger partial charge in [-0.05, 0) is 42.7 Å². The monoisotopic (exact) mass is 311 g/mol. The molecule has 0 saturated carbocycles. The second-order valence-corrected chi connectivity index (χ2v) is 5.29. The van der Waals surface area contributed by atoms with Gasteiger partial charge >= 0.3 is 0 Å². The van der Waals surface area contributed by atoms with Crippen LogP contribution in [0.2, 0.25) is 0 Å². The summed E-state index contributed by atoms with van der Waals surface area (Å²) >= 11 is 0. The van der Waals surface area contributed by atoms with E-state index in [0.717, 1.165) is 23.8 Å². The summed E-state index contributed by atoms with van der Waals surface area (Å²) in [4.78, 5) is 4.27. The van der Waals surface area contributed by atoms with Gasteiger partial charge < -0.3 is 15.4 Å². The van der Waals surface area contributed by atoms with Gasteiger partial charge in [-0.15, -0.1) is 0 Å². The van der Waals surface area contributed by atoms with Crippen LogP contribution in [0.1, 0.15) is 23.6 Å². The van der Waals surface area contributed by atoms with E-state index >= 15 is 0 Å². The highest BCUT2D eigenvalue weighted by atomic mass is 16.5. The fraction of sp³-hybridized carbons (Fsp3) is 0.316. The minimum Gasteiger partial charge on any atom is -0.494 e. The summed E-state index contributed by atoms with van der Waals surface area (Å²) in [5, 5.41) is 6.67. The van der Waals surface area contributed by atoms with Crippen LogP contribution in [0.3, 0.4) is 0 Å². The van der Waals surface area contributed by atoms with Crippen LogP contribution in [0.15, 0.2) is 53.5 Å². The number of benzene rings is 2. The van der Waals surface area contributed by atoms with E-state index in [2.05, 4.69) is 52.9 Å². The Balaban J connectivity index is 1.88. The lowest BCUT2D eigenvalue weighted by Crippen LogP contribution is -2.36. The minimum absolute atomic E-state index is 0.677. The lowest BCUT2D eigenvalue weighted by molar-refractivity contribution is 0.340. The number of aryl methyl sites for hydroxylation is 1. The van der Waals surface area contributed by atoms with Gasteiger partial charge in [-0.1, -0.05) is 36.4 Å². The molecule has 0 atom stereocenters. The Labute approximate surface area is 138 Å². The largest absolute Gasteiger partial charge is 0.494 e. The van der Waals surface area contributed by atoms with Gasteiger partial charge in [0.2, 0.25) is 0 Å². The van der Waals surface area contributed by atoms with Crippen molar-refractivity contribution in [2.45, 2.75) is 26.9 Å². The Morgan fingerprint density at radius 1 is 1.04 bits per heavy atom. The smallest absolute Gasteiger partial charge is 0.191 e. The number of hydrogen-bond acceptors (Lipinski definition) is 2. The Hall–Kier alpha value is -2.49. The van der Waals surface area contributed by atoms with Crippen molar-refractivity contribution in [2.75, 3.05) is 13.7 Å². The van der Waals surface area contributed by atoms with Gasteiger partial charge in [-0.3, -0.25) is 4.99 Å². The topological polar surface area (TPSA) is 45.6 Å². The number of ether oxygens (including phenoxy) is 1. The molecule has 23 heavy (non-hydrogen) atoms. The number of aliphatic imine (C=N–C) groups is 1. The molecule has 2 aromatic rings. The first kappa shape index (κ1) is 16.9. The maximum Gasteiger partial charge on any atom is 0.191 e. The molecule has 2 rings (SSSR count). The molecular weight excluding hydrogens is 286 g/mol. The van der Waals surface area contributed by atoms with E-state index in [1.807, 2.05) is 25.1 Å². The maximum atomic E-state index is 5.52. The van der Waals surface area contributed by atoms with Crippen LogP contribution in [0, 0.1) is 6.92 Å². The van der Waals surface area contributed by atoms with Crippen molar-refractivity contribution in [2.24, 2.45) is 4.99 Å². The number of rotatable bonds is 6. The van der Waals surface area contributed by atoms with Crippen LogP contribution < -0.4 is 15.4 Å². The van der Waals surface area contributed by atoms with Crippen molar-refractivity contribution in [3.8, 4) is 5.75 Å². The van der Waals surface area contributed by atoms with Crippen molar-refractivity contribution in [3.63, 3.8) is 0 Å². The normalized spacial score (nSPS) is 11.2. The van der Waals surface area contributed by atoms with E-state index in [-0.39, 0.29) is 0 Å². The first-order valence-electron chi connectivity index (χ1n) is 7.93. The van der Waals surface area contributed by atoms with E-state index in [9.17, 15) is 0 Å². The molecule has 0 aromatic heterocycles. The number of hydrogen-bond donors (Lipinski definition) is 2. The molecular formula is C19H25N3O. The lowest BCUT2D eigenvalue weighted by Gasteiger charge is -2.13. The number of guanidine groups is 1. The maximum absolute atomic E-state index is 5.52. The average molecular weight is 311 g/mol. The summed E-state index contributed by atoms with van der Waals surface area (Å²) in [5.74, 6) is 1.68. The molecule has 0 unspecified atom stereocenters. The molecule has 122 valence electrons. The quantitative estimate of drug-likeness (QED) is 0.636. The second-order valence-electron chi connectivity index (χ2n) is 5.29. The van der Waals surface area contributed by atoms with E-state index in [0.29, 0.717) is 13.2 Å². The molecule has 2 aromatic carbocycles. The molecule has 0 radical (unpaired) electrons. The van der Waals surface area contributed by atoms with Gasteiger partial charge in [0.05, 0.1) is 6.61 Å². The molecule has 0 heterocycles. The highest BCUT2D eigenvalue weighted by molar-refractivity contribution is 5.79. The molecule has 4 heteroatoms. The SMILES string of the molecule is CCOc1cccc(CNC(=NC)NCc2ccccc2C)c1. The van der Waals surface area contributed by atoms with E-state index < -0.39 is 0 Å². The summed E-state index contributed by atoms with van der Waals surface area (Å²) in [5.41, 5.74) is 3.71. The Kier molecular flexibility index (Phi) is 6.48. The fourth-order valence-electron chi connectivity index (χ4n) is 2.31. The van der Waals surface area contributed by atoms with Crippen molar-refractivity contribution < 1.29 is 4.74 Å². The fourth-order valence-corrected chi connectivity index (χ4v) is 2.31. The summed E-state index contributed by atoms with van der Waals surface area (Å²) in [6, 6.07) is 16.4. The highest BCUT2D eigenvalue weighted by Gasteiger charge is 2.02. The van der Waals surface area contributed by atoms with Crippen LogP contribution in [-0.2, 0) is 13.1 Å². The van der Waals surface area contributed by atoms with E-state index in [4.69, 9.17) is 4.74 Å². The Bertz CT molecular complexity index is 653. The first-order valence-corrected chi connectivity index (χ1v) is 7.93. The molecule has 0 bridgehead atoms. The van der Waals surface area contributed by atoms with Gasteiger partial charge in [0.1, 0.15) is 5.75 Å². The van der Waals surface area contributed by atoms with Crippen LogP contribution in [0.5, 0.6) is 5.75 Å². The van der Waals surface area contributed by atoms with Crippen LogP contribution in [-0.4, -0.2) is 19.6 Å². The lowest BCUT2D eigenvalue weighted by atomic mass is 10.1. The van der Waals surface area contributed by atoms with Gasteiger partial charge in [0.25, 0.3) is 0 Å². The summed E-state index contributed by atoms with van der Waals surface area (Å²) in [6.07, 6.45) is 0. The predicted octanol–water partition coefficient (Wildman–Crippen LogP) is 3.26. The van der Waals surface area contributed by atoms with Crippen molar-refractivity contribution in [1.82, 2.24) is 10.6 Å². The Morgan fingerprint density at radius 3 is 2.57 bits per heavy atom. The standard InChI is InChI=1S/C19H25N3O/c1-4-23-18-11-7-9-16(12-18)13-21-19(20-3)22-14-17-10-6-5-8-15(17)2/h5-12H,4,13-14H2,1-3H3,(H2,20,21,22).